The number of halogens is 9. The summed E-state index contributed by atoms with van der Waals surface area (Å²) in [4.78, 5) is 15.0. The highest BCUT2D eigenvalue weighted by atomic mass is 19.4. The zero-order valence-electron chi connectivity index (χ0n) is 23.1. The van der Waals surface area contributed by atoms with Gasteiger partial charge in [-0.3, -0.25) is 4.90 Å². The molecule has 1 heterocycles. The number of hydrogen-bond donors (Lipinski definition) is 2. The summed E-state index contributed by atoms with van der Waals surface area (Å²) < 4.78 is 130. The van der Waals surface area contributed by atoms with Crippen molar-refractivity contribution in [2.24, 2.45) is 10.2 Å². The fourth-order valence-corrected chi connectivity index (χ4v) is 4.64. The van der Waals surface area contributed by atoms with Crippen LogP contribution in [0, 0.1) is 5.53 Å². The highest BCUT2D eigenvalue weighted by Crippen LogP contribution is 2.46. The molecule has 0 spiro atoms. The van der Waals surface area contributed by atoms with Gasteiger partial charge in [-0.05, 0) is 55.3 Å². The Balaban J connectivity index is 2.44. The van der Waals surface area contributed by atoms with Crippen LogP contribution in [0.2, 0.25) is 0 Å². The molecule has 1 amide bonds. The number of carbonyl (C=O) groups excluding carboxylic acids is 1. The molecular formula is C26H26F9N6O3-. The normalized spacial score (nSPS) is 16.8. The molecule has 9 nitrogen and oxygen atoms in total. The lowest BCUT2D eigenvalue weighted by Gasteiger charge is -2.46. The van der Waals surface area contributed by atoms with Gasteiger partial charge in [0.1, 0.15) is 6.04 Å². The smallest absolute Gasteiger partial charge is 0.416 e. The lowest BCUT2D eigenvalue weighted by atomic mass is 9.94. The number of aliphatic hydroxyl groups excluding tert-OH is 1. The van der Waals surface area contributed by atoms with Crippen molar-refractivity contribution >= 4 is 23.3 Å². The maximum Gasteiger partial charge on any atom is 0.416 e. The number of rotatable bonds is 8. The lowest BCUT2D eigenvalue weighted by molar-refractivity contribution is -0.143. The van der Waals surface area contributed by atoms with Gasteiger partial charge < -0.3 is 25.3 Å². The third-order valence-corrected chi connectivity index (χ3v) is 6.55. The Labute approximate surface area is 244 Å². The van der Waals surface area contributed by atoms with E-state index in [0.717, 1.165) is 15.9 Å². The SMILES string of the molecule is CCOC(=O)N1c2ccc(C(F)(F)F)cc2N([C@@H](/C(N=N)=N/[N-]CCO)c2cc(C(F)(F)F)cc(C(F)(F)F)c2)CC1CC. The molecule has 0 radical (unpaired) electrons. The van der Waals surface area contributed by atoms with Crippen molar-refractivity contribution in [3.05, 3.63) is 64.1 Å². The highest BCUT2D eigenvalue weighted by molar-refractivity contribution is 5.98. The third-order valence-electron chi connectivity index (χ3n) is 6.55. The molecule has 18 heteroatoms. The first-order chi connectivity index (χ1) is 20.5. The number of fused-ring (bicyclic) bond motifs is 1. The summed E-state index contributed by atoms with van der Waals surface area (Å²) in [5.74, 6) is -0.798. The van der Waals surface area contributed by atoms with E-state index in [0.29, 0.717) is 24.3 Å². The van der Waals surface area contributed by atoms with Crippen LogP contribution >= 0.6 is 0 Å². The third kappa shape index (κ3) is 7.51. The number of amidine groups is 1. The van der Waals surface area contributed by atoms with Gasteiger partial charge in [0, 0.05) is 13.2 Å². The van der Waals surface area contributed by atoms with Gasteiger partial charge in [0.2, 0.25) is 0 Å². The second-order valence-electron chi connectivity index (χ2n) is 9.38. The molecule has 0 saturated heterocycles. The number of carbonyl (C=O) groups is 1. The van der Waals surface area contributed by atoms with Crippen LogP contribution in [0.15, 0.2) is 46.6 Å². The Morgan fingerprint density at radius 2 is 1.57 bits per heavy atom. The van der Waals surface area contributed by atoms with E-state index in [2.05, 4.69) is 15.6 Å². The first-order valence-corrected chi connectivity index (χ1v) is 12.9. The van der Waals surface area contributed by atoms with Crippen LogP contribution in [0.1, 0.15) is 48.6 Å². The minimum atomic E-state index is -5.28. The maximum absolute atomic E-state index is 13.8. The van der Waals surface area contributed by atoms with E-state index >= 15 is 0 Å². The molecule has 0 fully saturated rings. The van der Waals surface area contributed by atoms with Crippen molar-refractivity contribution in [3.63, 3.8) is 0 Å². The van der Waals surface area contributed by atoms with Gasteiger partial charge in [-0.15, -0.1) is 5.11 Å². The van der Waals surface area contributed by atoms with E-state index < -0.39 is 90.2 Å². The molecule has 0 saturated carbocycles. The molecule has 2 aromatic rings. The molecule has 2 atom stereocenters. The molecule has 1 aliphatic rings. The first kappa shape index (κ1) is 34.4. The predicted octanol–water partition coefficient (Wildman–Crippen LogP) is 7.76. The highest BCUT2D eigenvalue weighted by Gasteiger charge is 2.43. The topological polar surface area (TPSA) is 116 Å². The fraction of sp³-hybridized carbons (Fsp3) is 0.462. The van der Waals surface area contributed by atoms with Gasteiger partial charge in [0.25, 0.3) is 0 Å². The minimum absolute atomic E-state index is 0.109. The fourth-order valence-electron chi connectivity index (χ4n) is 4.64. The van der Waals surface area contributed by atoms with Crippen molar-refractivity contribution in [2.75, 3.05) is 36.1 Å². The molecule has 0 aliphatic carbocycles. The predicted molar refractivity (Wildman–Crippen MR) is 139 cm³/mol. The van der Waals surface area contributed by atoms with Crippen molar-refractivity contribution in [3.8, 4) is 0 Å². The van der Waals surface area contributed by atoms with E-state index in [1.165, 1.54) is 6.92 Å². The van der Waals surface area contributed by atoms with E-state index in [9.17, 15) is 44.3 Å². The molecule has 0 bridgehead atoms. The van der Waals surface area contributed by atoms with E-state index in [1.54, 1.807) is 6.92 Å². The van der Waals surface area contributed by atoms with Crippen LogP contribution < -0.4 is 9.80 Å². The zero-order valence-corrected chi connectivity index (χ0v) is 23.1. The Morgan fingerprint density at radius 1 is 0.977 bits per heavy atom. The summed E-state index contributed by atoms with van der Waals surface area (Å²) in [5.41, 5.74) is 5.10. The van der Waals surface area contributed by atoms with Gasteiger partial charge in [-0.1, -0.05) is 13.5 Å². The van der Waals surface area contributed by atoms with Gasteiger partial charge >= 0.3 is 24.6 Å². The number of hydrogen-bond acceptors (Lipinski definition) is 6. The summed E-state index contributed by atoms with van der Waals surface area (Å²) in [5, 5.41) is 15.9. The molecule has 2 aromatic carbocycles. The number of nitrogens with one attached hydrogen (secondary N) is 1. The summed E-state index contributed by atoms with van der Waals surface area (Å²) >= 11 is 0. The Bertz CT molecular complexity index is 1350. The van der Waals surface area contributed by atoms with Crippen LogP contribution in [0.25, 0.3) is 5.43 Å². The Hall–Kier alpha value is -4.09. The minimum Gasteiger partial charge on any atom is -0.599 e. The van der Waals surface area contributed by atoms with Crippen LogP contribution in [-0.2, 0) is 23.3 Å². The van der Waals surface area contributed by atoms with Crippen LogP contribution in [-0.4, -0.2) is 49.4 Å². The number of nitrogens with zero attached hydrogens (tertiary/aromatic N) is 5. The largest absolute Gasteiger partial charge is 0.599 e. The molecular weight excluding hydrogens is 615 g/mol. The summed E-state index contributed by atoms with van der Waals surface area (Å²) in [6.07, 6.45) is -16.4. The molecule has 3 rings (SSSR count). The molecule has 1 unspecified atom stereocenters. The van der Waals surface area contributed by atoms with Gasteiger partial charge in [0.15, 0.2) is 5.84 Å². The van der Waals surface area contributed by atoms with Crippen molar-refractivity contribution in [1.82, 2.24) is 0 Å². The Kier molecular flexibility index (Phi) is 10.4. The maximum atomic E-state index is 13.8. The standard InChI is InChI=1S/C26H26F9N6O3/c1-3-18-13-40(20-12-15(24(27,28)29)5-6-19(20)41(18)23(43)44-4-2)21(22(38-36)39-37-7-8-42)14-9-16(25(30,31)32)11-17(10-14)26(33,34)35/h5-6,9-12,18,21,42H,3-4,7-8,13H2,1-2H3,(H-,36,37)/q-1/t18?,21-/m1/s1. The molecule has 1 aliphatic heterocycles. The van der Waals surface area contributed by atoms with Crippen molar-refractivity contribution in [2.45, 2.75) is 50.9 Å². The monoisotopic (exact) mass is 641 g/mol. The van der Waals surface area contributed by atoms with Crippen LogP contribution in [0.4, 0.5) is 55.7 Å². The lowest BCUT2D eigenvalue weighted by Crippen LogP contribution is -2.53. The van der Waals surface area contributed by atoms with Gasteiger partial charge in [0.05, 0.1) is 40.7 Å². The van der Waals surface area contributed by atoms with E-state index in [-0.39, 0.29) is 24.8 Å². The quantitative estimate of drug-likeness (QED) is 0.0766. The van der Waals surface area contributed by atoms with Crippen molar-refractivity contribution < 1.29 is 54.2 Å². The molecule has 0 aromatic heterocycles. The number of benzene rings is 2. The van der Waals surface area contributed by atoms with Crippen molar-refractivity contribution in [1.29, 1.82) is 5.53 Å². The second-order valence-corrected chi connectivity index (χ2v) is 9.38. The van der Waals surface area contributed by atoms with E-state index in [1.807, 2.05) is 0 Å². The average molecular weight is 642 g/mol. The van der Waals surface area contributed by atoms with Crippen LogP contribution in [0.3, 0.4) is 0 Å². The number of ether oxygens (including phenoxy) is 1. The number of alkyl halides is 9. The second kappa shape index (κ2) is 13.3. The van der Waals surface area contributed by atoms with E-state index in [4.69, 9.17) is 15.4 Å². The van der Waals surface area contributed by atoms with Gasteiger partial charge in [-0.25, -0.2) is 10.3 Å². The number of anilines is 2. The number of amides is 1. The summed E-state index contributed by atoms with van der Waals surface area (Å²) in [6.45, 7) is 1.53. The number of aliphatic hydroxyl groups is 1. The summed E-state index contributed by atoms with van der Waals surface area (Å²) in [7, 11) is 0. The molecule has 44 heavy (non-hydrogen) atoms. The zero-order chi connectivity index (χ0) is 33.0. The van der Waals surface area contributed by atoms with Gasteiger partial charge in [-0.2, -0.15) is 39.5 Å². The first-order valence-electron chi connectivity index (χ1n) is 12.9. The Morgan fingerprint density at radius 3 is 2.05 bits per heavy atom. The summed E-state index contributed by atoms with van der Waals surface area (Å²) in [6, 6.07) is -0.146. The average Bonchev–Trinajstić information content (AvgIpc) is 2.94. The molecule has 242 valence electrons. The van der Waals surface area contributed by atoms with Crippen LogP contribution in [0.5, 0.6) is 0 Å². The molecule has 2 N–H and O–H groups in total.